The number of aromatic nitrogens is 2. The van der Waals surface area contributed by atoms with Crippen LogP contribution in [0.15, 0.2) is 36.7 Å². The molecule has 3 atom stereocenters. The Hall–Kier alpha value is -2.35. The van der Waals surface area contributed by atoms with Crippen LogP contribution < -0.4 is 9.47 Å². The van der Waals surface area contributed by atoms with Crippen molar-refractivity contribution in [1.29, 1.82) is 0 Å². The third kappa shape index (κ3) is 3.92. The van der Waals surface area contributed by atoms with Crippen LogP contribution in [0.5, 0.6) is 11.8 Å². The molecule has 1 aromatic heterocycles. The monoisotopic (exact) mass is 393 g/mol. The van der Waals surface area contributed by atoms with Gasteiger partial charge in [0.1, 0.15) is 12.4 Å². The normalized spacial score (nSPS) is 24.5. The zero-order valence-corrected chi connectivity index (χ0v) is 15.5. The van der Waals surface area contributed by atoms with Crippen molar-refractivity contribution in [3.63, 3.8) is 0 Å². The van der Waals surface area contributed by atoms with E-state index in [1.54, 1.807) is 18.5 Å². The molecule has 1 aliphatic heterocycles. The van der Waals surface area contributed by atoms with Crippen molar-refractivity contribution < 1.29 is 22.6 Å². The number of hydrogen-bond acceptors (Lipinski definition) is 5. The molecule has 0 spiro atoms. The first-order chi connectivity index (χ1) is 13.4. The fourth-order valence-electron chi connectivity index (χ4n) is 4.35. The Morgan fingerprint density at radius 2 is 1.96 bits per heavy atom. The number of ether oxygens (including phenoxy) is 2. The minimum atomic E-state index is -4.37. The molecule has 2 bridgehead atoms. The lowest BCUT2D eigenvalue weighted by Gasteiger charge is -2.35. The molecule has 1 aromatic carbocycles. The minimum Gasteiger partial charge on any atom is -0.492 e. The predicted octanol–water partition coefficient (Wildman–Crippen LogP) is 3.94. The molecule has 2 aliphatic rings. The number of fused-ring (bicyclic) bond motifs is 2. The molecule has 4 rings (SSSR count). The highest BCUT2D eigenvalue weighted by atomic mass is 19.4. The van der Waals surface area contributed by atoms with Gasteiger partial charge in [0.15, 0.2) is 0 Å². The van der Waals surface area contributed by atoms with Crippen molar-refractivity contribution in [3.05, 3.63) is 47.8 Å². The zero-order chi connectivity index (χ0) is 19.7. The van der Waals surface area contributed by atoms with E-state index in [4.69, 9.17) is 9.47 Å². The Balaban J connectivity index is 1.44. The summed E-state index contributed by atoms with van der Waals surface area (Å²) in [6, 6.07) is 6.05. The molecular weight excluding hydrogens is 371 g/mol. The van der Waals surface area contributed by atoms with Gasteiger partial charge in [-0.1, -0.05) is 6.07 Å². The predicted molar refractivity (Wildman–Crippen MR) is 96.0 cm³/mol. The average molecular weight is 393 g/mol. The lowest BCUT2D eigenvalue weighted by molar-refractivity contribution is -0.137. The van der Waals surface area contributed by atoms with Crippen molar-refractivity contribution in [2.75, 3.05) is 13.7 Å². The number of piperidine rings is 1. The smallest absolute Gasteiger partial charge is 0.416 e. The fraction of sp³-hybridized carbons (Fsp3) is 0.500. The molecular formula is C20H22F3N3O2. The van der Waals surface area contributed by atoms with Gasteiger partial charge in [0, 0.05) is 36.6 Å². The van der Waals surface area contributed by atoms with Crippen LogP contribution in [0.4, 0.5) is 13.2 Å². The first-order valence-corrected chi connectivity index (χ1v) is 9.35. The summed E-state index contributed by atoms with van der Waals surface area (Å²) in [5.41, 5.74) is 0.294. The molecule has 0 amide bonds. The largest absolute Gasteiger partial charge is 0.492 e. The number of rotatable bonds is 6. The van der Waals surface area contributed by atoms with Crippen LogP contribution in [0, 0.1) is 5.92 Å². The van der Waals surface area contributed by atoms with Crippen molar-refractivity contribution in [2.24, 2.45) is 5.92 Å². The number of halogens is 3. The summed E-state index contributed by atoms with van der Waals surface area (Å²) in [7, 11) is 1.52. The molecule has 2 heterocycles. The van der Waals surface area contributed by atoms with E-state index in [0.29, 0.717) is 31.1 Å². The summed E-state index contributed by atoms with van der Waals surface area (Å²) in [4.78, 5) is 10.7. The van der Waals surface area contributed by atoms with Crippen LogP contribution in [0.2, 0.25) is 0 Å². The van der Waals surface area contributed by atoms with Gasteiger partial charge < -0.3 is 9.47 Å². The second-order valence-electron chi connectivity index (χ2n) is 7.38. The molecule has 2 unspecified atom stereocenters. The van der Waals surface area contributed by atoms with E-state index in [1.807, 2.05) is 0 Å². The van der Waals surface area contributed by atoms with Crippen LogP contribution >= 0.6 is 0 Å². The third-order valence-electron chi connectivity index (χ3n) is 5.70. The van der Waals surface area contributed by atoms with E-state index in [-0.39, 0.29) is 11.8 Å². The average Bonchev–Trinajstić information content (AvgIpc) is 3.28. The maximum atomic E-state index is 12.9. The molecule has 2 fully saturated rings. The van der Waals surface area contributed by atoms with Gasteiger partial charge in [0.25, 0.3) is 0 Å². The van der Waals surface area contributed by atoms with Crippen molar-refractivity contribution >= 4 is 0 Å². The summed E-state index contributed by atoms with van der Waals surface area (Å²) in [5.74, 6) is 0.764. The van der Waals surface area contributed by atoms with E-state index < -0.39 is 11.7 Å². The molecule has 1 saturated heterocycles. The maximum absolute atomic E-state index is 12.9. The van der Waals surface area contributed by atoms with Crippen molar-refractivity contribution in [3.8, 4) is 11.8 Å². The summed E-state index contributed by atoms with van der Waals surface area (Å²) in [5, 5.41) is 0. The molecule has 0 radical (unpaired) electrons. The number of nitrogens with zero attached hydrogens (tertiary/aromatic N) is 3. The molecule has 28 heavy (non-hydrogen) atoms. The Bertz CT molecular complexity index is 813. The SMILES string of the molecule is COc1ncc(CN2C3CCC(C3)[C@@H]2COc2cccc(C(F)(F)F)c2)cn1. The van der Waals surface area contributed by atoms with Gasteiger partial charge in [-0.05, 0) is 43.4 Å². The number of benzene rings is 1. The van der Waals surface area contributed by atoms with E-state index in [0.717, 1.165) is 37.0 Å². The minimum absolute atomic E-state index is 0.176. The highest BCUT2D eigenvalue weighted by Gasteiger charge is 2.46. The molecule has 1 saturated carbocycles. The second kappa shape index (κ2) is 7.58. The third-order valence-corrected chi connectivity index (χ3v) is 5.70. The van der Waals surface area contributed by atoms with E-state index in [2.05, 4.69) is 14.9 Å². The van der Waals surface area contributed by atoms with Gasteiger partial charge in [0.05, 0.1) is 12.7 Å². The van der Waals surface area contributed by atoms with E-state index >= 15 is 0 Å². The van der Waals surface area contributed by atoms with Crippen LogP contribution in [-0.2, 0) is 12.7 Å². The summed E-state index contributed by atoms with van der Waals surface area (Å²) < 4.78 is 49.5. The molecule has 5 nitrogen and oxygen atoms in total. The van der Waals surface area contributed by atoms with E-state index in [9.17, 15) is 13.2 Å². The number of alkyl halides is 3. The van der Waals surface area contributed by atoms with Crippen LogP contribution in [-0.4, -0.2) is 40.7 Å². The fourth-order valence-corrected chi connectivity index (χ4v) is 4.35. The Morgan fingerprint density at radius 3 is 2.68 bits per heavy atom. The van der Waals surface area contributed by atoms with E-state index in [1.165, 1.54) is 13.2 Å². The van der Waals surface area contributed by atoms with Crippen LogP contribution in [0.3, 0.4) is 0 Å². The van der Waals surface area contributed by atoms with Gasteiger partial charge >= 0.3 is 12.2 Å². The Kier molecular flexibility index (Phi) is 5.14. The molecule has 0 N–H and O–H groups in total. The van der Waals surface area contributed by atoms with Gasteiger partial charge in [0.2, 0.25) is 0 Å². The summed E-state index contributed by atoms with van der Waals surface area (Å²) in [6.45, 7) is 1.07. The number of likely N-dealkylation sites (tertiary alicyclic amines) is 1. The van der Waals surface area contributed by atoms with Crippen LogP contribution in [0.1, 0.15) is 30.4 Å². The number of hydrogen-bond donors (Lipinski definition) is 0. The highest BCUT2D eigenvalue weighted by molar-refractivity contribution is 5.30. The first-order valence-electron chi connectivity index (χ1n) is 9.35. The molecule has 150 valence electrons. The van der Waals surface area contributed by atoms with Crippen molar-refractivity contribution in [2.45, 2.75) is 44.1 Å². The van der Waals surface area contributed by atoms with Gasteiger partial charge in [-0.25, -0.2) is 9.97 Å². The molecule has 1 aliphatic carbocycles. The Labute approximate surface area is 161 Å². The van der Waals surface area contributed by atoms with Gasteiger partial charge in [-0.3, -0.25) is 4.90 Å². The van der Waals surface area contributed by atoms with Crippen LogP contribution in [0.25, 0.3) is 0 Å². The lowest BCUT2D eigenvalue weighted by Crippen LogP contribution is -2.43. The summed E-state index contributed by atoms with van der Waals surface area (Å²) >= 11 is 0. The second-order valence-corrected chi connectivity index (χ2v) is 7.38. The number of methoxy groups -OCH3 is 1. The van der Waals surface area contributed by atoms with Gasteiger partial charge in [-0.2, -0.15) is 13.2 Å². The summed E-state index contributed by atoms with van der Waals surface area (Å²) in [6.07, 6.45) is 2.52. The highest BCUT2D eigenvalue weighted by Crippen LogP contribution is 2.43. The maximum Gasteiger partial charge on any atom is 0.416 e. The standard InChI is InChI=1S/C20H22F3N3O2/c1-27-19-24-9-13(10-25-19)11-26-16-6-5-14(7-16)18(26)12-28-17-4-2-3-15(8-17)20(21,22)23/h2-4,8-10,14,16,18H,5-7,11-12H2,1H3/t14?,16?,18-/m0/s1. The molecule has 8 heteroatoms. The van der Waals surface area contributed by atoms with Gasteiger partial charge in [-0.15, -0.1) is 0 Å². The van der Waals surface area contributed by atoms with Crippen molar-refractivity contribution in [1.82, 2.24) is 14.9 Å². The zero-order valence-electron chi connectivity index (χ0n) is 15.5. The quantitative estimate of drug-likeness (QED) is 0.744. The molecule has 2 aromatic rings. The Morgan fingerprint density at radius 1 is 1.18 bits per heavy atom. The topological polar surface area (TPSA) is 47.5 Å². The first kappa shape index (κ1) is 19.0. The lowest BCUT2D eigenvalue weighted by atomic mass is 9.99.